The maximum Gasteiger partial charge on any atom is 0.150 e. The van der Waals surface area contributed by atoms with Gasteiger partial charge < -0.3 is 15.7 Å². The lowest BCUT2D eigenvalue weighted by molar-refractivity contribution is -0.0614. The summed E-state index contributed by atoms with van der Waals surface area (Å²) in [7, 11) is 0. The topological polar surface area (TPSA) is 67.3 Å². The Morgan fingerprint density at radius 1 is 1.33 bits per heavy atom. The number of aryl methyl sites for hydroxylation is 1. The van der Waals surface area contributed by atoms with E-state index in [1.165, 1.54) is 6.42 Å². The van der Waals surface area contributed by atoms with Crippen LogP contribution in [-0.4, -0.2) is 33.6 Å². The van der Waals surface area contributed by atoms with Crippen molar-refractivity contribution in [1.82, 2.24) is 9.78 Å². The molecular formula is C16H28N4O. The lowest BCUT2D eigenvalue weighted by Crippen LogP contribution is -2.53. The molecule has 1 saturated heterocycles. The van der Waals surface area contributed by atoms with Crippen LogP contribution in [0.2, 0.25) is 0 Å². The molecule has 1 aromatic heterocycles. The van der Waals surface area contributed by atoms with Crippen LogP contribution in [0.25, 0.3) is 0 Å². The van der Waals surface area contributed by atoms with E-state index < -0.39 is 5.60 Å². The first kappa shape index (κ1) is 14.7. The Hall–Kier alpha value is -1.23. The summed E-state index contributed by atoms with van der Waals surface area (Å²) >= 11 is 0. The van der Waals surface area contributed by atoms with Crippen LogP contribution >= 0.6 is 0 Å². The average Bonchev–Trinajstić information content (AvgIpc) is 2.74. The average molecular weight is 292 g/mol. The van der Waals surface area contributed by atoms with E-state index >= 15 is 0 Å². The van der Waals surface area contributed by atoms with Gasteiger partial charge in [-0.05, 0) is 40.0 Å². The number of rotatable bonds is 2. The molecule has 1 aliphatic carbocycles. The molecule has 0 radical (unpaired) electrons. The molecule has 0 amide bonds. The van der Waals surface area contributed by atoms with Crippen LogP contribution in [0.1, 0.15) is 57.7 Å². The zero-order valence-electron chi connectivity index (χ0n) is 13.5. The van der Waals surface area contributed by atoms with Crippen molar-refractivity contribution in [3.8, 4) is 0 Å². The van der Waals surface area contributed by atoms with Crippen molar-refractivity contribution in [2.75, 3.05) is 23.7 Å². The van der Waals surface area contributed by atoms with Gasteiger partial charge in [0.15, 0.2) is 5.82 Å². The Bertz CT molecular complexity index is 525. The third-order valence-electron chi connectivity index (χ3n) is 5.32. The number of nitrogens with zero attached hydrogens (tertiary/aromatic N) is 3. The summed E-state index contributed by atoms with van der Waals surface area (Å²) in [6, 6.07) is 0.295. The maximum atomic E-state index is 10.8. The van der Waals surface area contributed by atoms with Crippen molar-refractivity contribution >= 4 is 11.5 Å². The van der Waals surface area contributed by atoms with Gasteiger partial charge in [0.1, 0.15) is 0 Å². The number of aliphatic hydroxyl groups is 1. The lowest BCUT2D eigenvalue weighted by Gasteiger charge is -2.48. The van der Waals surface area contributed by atoms with Gasteiger partial charge in [0.05, 0.1) is 17.0 Å². The van der Waals surface area contributed by atoms with Crippen molar-refractivity contribution in [2.24, 2.45) is 5.92 Å². The van der Waals surface area contributed by atoms with E-state index in [0.717, 1.165) is 56.0 Å². The highest BCUT2D eigenvalue weighted by Gasteiger charge is 2.43. The number of nitrogen functional groups attached to an aromatic ring is 1. The molecule has 2 atom stereocenters. The molecule has 0 spiro atoms. The number of aromatic nitrogens is 2. The largest absolute Gasteiger partial charge is 0.394 e. The molecule has 2 aliphatic rings. The maximum absolute atomic E-state index is 10.8. The van der Waals surface area contributed by atoms with Crippen LogP contribution < -0.4 is 10.6 Å². The SMILES string of the molecule is Cc1nn(C(C)C)c(N2CCC3(O)CCCCC3C2)c1N. The molecule has 3 N–H and O–H groups in total. The Labute approximate surface area is 127 Å². The van der Waals surface area contributed by atoms with E-state index in [2.05, 4.69) is 23.8 Å². The lowest BCUT2D eigenvalue weighted by atomic mass is 9.71. The van der Waals surface area contributed by atoms with E-state index in [-0.39, 0.29) is 0 Å². The molecular weight excluding hydrogens is 264 g/mol. The van der Waals surface area contributed by atoms with E-state index in [1.807, 2.05) is 11.6 Å². The van der Waals surface area contributed by atoms with Gasteiger partial charge >= 0.3 is 0 Å². The Balaban J connectivity index is 1.89. The normalized spacial score (nSPS) is 29.8. The number of piperidine rings is 1. The third-order valence-corrected chi connectivity index (χ3v) is 5.32. The van der Waals surface area contributed by atoms with Gasteiger partial charge in [0.25, 0.3) is 0 Å². The van der Waals surface area contributed by atoms with Gasteiger partial charge in [0.2, 0.25) is 0 Å². The van der Waals surface area contributed by atoms with Crippen LogP contribution in [0.5, 0.6) is 0 Å². The molecule has 5 heteroatoms. The van der Waals surface area contributed by atoms with Crippen LogP contribution in [0.15, 0.2) is 0 Å². The fourth-order valence-corrected chi connectivity index (χ4v) is 3.99. The fourth-order valence-electron chi connectivity index (χ4n) is 3.99. The number of fused-ring (bicyclic) bond motifs is 1. The van der Waals surface area contributed by atoms with E-state index in [1.54, 1.807) is 0 Å². The minimum Gasteiger partial charge on any atom is -0.394 e. The van der Waals surface area contributed by atoms with E-state index in [9.17, 15) is 5.11 Å². The molecule has 1 aromatic rings. The van der Waals surface area contributed by atoms with Crippen molar-refractivity contribution in [2.45, 2.75) is 64.5 Å². The first-order valence-corrected chi connectivity index (χ1v) is 8.24. The summed E-state index contributed by atoms with van der Waals surface area (Å²) in [4.78, 5) is 2.35. The van der Waals surface area contributed by atoms with Crippen LogP contribution in [-0.2, 0) is 0 Å². The van der Waals surface area contributed by atoms with Gasteiger partial charge in [-0.1, -0.05) is 12.8 Å². The summed E-state index contributed by atoms with van der Waals surface area (Å²) in [6.45, 7) is 8.01. The second-order valence-corrected chi connectivity index (χ2v) is 7.10. The predicted molar refractivity (Wildman–Crippen MR) is 85.5 cm³/mol. The zero-order valence-corrected chi connectivity index (χ0v) is 13.5. The van der Waals surface area contributed by atoms with E-state index in [4.69, 9.17) is 5.73 Å². The molecule has 1 saturated carbocycles. The summed E-state index contributed by atoms with van der Waals surface area (Å²) in [5.74, 6) is 1.42. The molecule has 21 heavy (non-hydrogen) atoms. The number of anilines is 2. The van der Waals surface area contributed by atoms with Crippen molar-refractivity contribution < 1.29 is 5.11 Å². The predicted octanol–water partition coefficient (Wildman–Crippen LogP) is 2.49. The monoisotopic (exact) mass is 292 g/mol. The first-order chi connectivity index (χ1) is 9.92. The van der Waals surface area contributed by atoms with Crippen LogP contribution in [0.3, 0.4) is 0 Å². The van der Waals surface area contributed by atoms with E-state index in [0.29, 0.717) is 12.0 Å². The van der Waals surface area contributed by atoms with Gasteiger partial charge in [-0.3, -0.25) is 0 Å². The number of nitrogens with two attached hydrogens (primary N) is 1. The molecule has 2 fully saturated rings. The molecule has 118 valence electrons. The van der Waals surface area contributed by atoms with Crippen LogP contribution in [0, 0.1) is 12.8 Å². The second kappa shape index (κ2) is 5.20. The highest BCUT2D eigenvalue weighted by molar-refractivity contribution is 5.66. The quantitative estimate of drug-likeness (QED) is 0.879. The summed E-state index contributed by atoms with van der Waals surface area (Å²) < 4.78 is 2.04. The molecule has 0 aromatic carbocycles. The summed E-state index contributed by atoms with van der Waals surface area (Å²) in [5.41, 5.74) is 7.54. The third kappa shape index (κ3) is 2.41. The van der Waals surface area contributed by atoms with Gasteiger partial charge in [-0.2, -0.15) is 5.10 Å². The van der Waals surface area contributed by atoms with Crippen molar-refractivity contribution in [3.63, 3.8) is 0 Å². The number of hydrogen-bond acceptors (Lipinski definition) is 4. The Morgan fingerprint density at radius 2 is 2.10 bits per heavy atom. The fraction of sp³-hybridized carbons (Fsp3) is 0.812. The molecule has 2 heterocycles. The molecule has 0 bridgehead atoms. The smallest absolute Gasteiger partial charge is 0.150 e. The molecule has 2 unspecified atom stereocenters. The standard InChI is InChI=1S/C16H28N4O/c1-11(2)20-15(14(17)12(3)18-20)19-9-8-16(21)7-5-4-6-13(16)10-19/h11,13,21H,4-10,17H2,1-3H3. The van der Waals surface area contributed by atoms with Crippen molar-refractivity contribution in [3.05, 3.63) is 5.69 Å². The van der Waals surface area contributed by atoms with Gasteiger partial charge in [-0.15, -0.1) is 0 Å². The summed E-state index contributed by atoms with van der Waals surface area (Å²) in [5, 5.41) is 15.4. The zero-order chi connectivity index (χ0) is 15.2. The molecule has 3 rings (SSSR count). The minimum absolute atomic E-state index is 0.295. The highest BCUT2D eigenvalue weighted by atomic mass is 16.3. The van der Waals surface area contributed by atoms with Gasteiger partial charge in [0, 0.05) is 25.0 Å². The van der Waals surface area contributed by atoms with Crippen LogP contribution in [0.4, 0.5) is 11.5 Å². The first-order valence-electron chi connectivity index (χ1n) is 8.24. The number of hydrogen-bond donors (Lipinski definition) is 2. The second-order valence-electron chi connectivity index (χ2n) is 7.10. The van der Waals surface area contributed by atoms with Crippen molar-refractivity contribution in [1.29, 1.82) is 0 Å². The highest BCUT2D eigenvalue weighted by Crippen LogP contribution is 2.42. The summed E-state index contributed by atoms with van der Waals surface area (Å²) in [6.07, 6.45) is 5.33. The Kier molecular flexibility index (Phi) is 3.64. The molecule has 5 nitrogen and oxygen atoms in total. The minimum atomic E-state index is -0.443. The Morgan fingerprint density at radius 3 is 2.81 bits per heavy atom. The van der Waals surface area contributed by atoms with Gasteiger partial charge in [-0.25, -0.2) is 4.68 Å². The molecule has 1 aliphatic heterocycles.